The van der Waals surface area contributed by atoms with Crippen molar-refractivity contribution in [1.29, 1.82) is 0 Å². The van der Waals surface area contributed by atoms with Gasteiger partial charge in [-0.3, -0.25) is 0 Å². The highest BCUT2D eigenvalue weighted by Crippen LogP contribution is 2.26. The molecule has 6 heteroatoms. The van der Waals surface area contributed by atoms with Crippen molar-refractivity contribution in [2.75, 3.05) is 7.11 Å². The number of hydrogen-bond acceptors (Lipinski definition) is 5. The smallest absolute Gasteiger partial charge is 0.159 e. The number of ether oxygens (including phenoxy) is 1. The van der Waals surface area contributed by atoms with Crippen molar-refractivity contribution in [3.63, 3.8) is 0 Å². The molecule has 0 N–H and O–H groups in total. The highest BCUT2D eigenvalue weighted by molar-refractivity contribution is 5.27. The highest BCUT2D eigenvalue weighted by atomic mass is 19.1. The summed E-state index contributed by atoms with van der Waals surface area (Å²) in [5, 5.41) is 0. The maximum Gasteiger partial charge on any atom is 0.159 e. The lowest BCUT2D eigenvalue weighted by Crippen LogP contribution is -2.18. The Morgan fingerprint density at radius 3 is 2.32 bits per heavy atom. The molecule has 118 valence electrons. The first-order valence-corrected chi connectivity index (χ1v) is 7.19. The molecule has 2 aromatic heterocycles. The third kappa shape index (κ3) is 3.75. The molecule has 0 aliphatic carbocycles. The van der Waals surface area contributed by atoms with Gasteiger partial charge in [0.2, 0.25) is 0 Å². The van der Waals surface area contributed by atoms with Crippen LogP contribution in [0.3, 0.4) is 0 Å². The normalized spacial score (nSPS) is 13.0. The predicted octanol–water partition coefficient (Wildman–Crippen LogP) is 3.06. The molecule has 0 spiro atoms. The third-order valence-corrected chi connectivity index (χ3v) is 3.30. The van der Waals surface area contributed by atoms with Gasteiger partial charge in [0.25, 0.3) is 0 Å². The summed E-state index contributed by atoms with van der Waals surface area (Å²) in [4.78, 5) is 17.0. The largest absolute Gasteiger partial charge is 0.493 e. The molecule has 0 aliphatic heterocycles. The van der Waals surface area contributed by atoms with Crippen molar-refractivity contribution < 1.29 is 9.13 Å². The molecule has 1 atom stereocenters. The second kappa shape index (κ2) is 6.34. The molecule has 1 unspecified atom stereocenters. The first-order valence-electron chi connectivity index (χ1n) is 7.19. The molecule has 22 heavy (non-hydrogen) atoms. The first kappa shape index (κ1) is 16.3. The molecule has 0 amide bonds. The van der Waals surface area contributed by atoms with E-state index in [9.17, 15) is 4.39 Å². The summed E-state index contributed by atoms with van der Waals surface area (Å²) in [6.45, 7) is 8.16. The van der Waals surface area contributed by atoms with Crippen molar-refractivity contribution in [2.24, 2.45) is 0 Å². The molecular formula is C16H21FN4O. The van der Waals surface area contributed by atoms with Crippen LogP contribution >= 0.6 is 0 Å². The fourth-order valence-corrected chi connectivity index (χ4v) is 2.04. The fraction of sp³-hybridized carbons (Fsp3) is 0.500. The van der Waals surface area contributed by atoms with Crippen LogP contribution in [0.1, 0.15) is 51.0 Å². The van der Waals surface area contributed by atoms with E-state index in [1.807, 2.05) is 6.92 Å². The fourth-order valence-electron chi connectivity index (χ4n) is 2.04. The molecule has 0 aliphatic rings. The minimum Gasteiger partial charge on any atom is -0.493 e. The van der Waals surface area contributed by atoms with Crippen LogP contribution in [0, 0.1) is 5.82 Å². The maximum absolute atomic E-state index is 12.9. The lowest BCUT2D eigenvalue weighted by Gasteiger charge is -2.19. The summed E-state index contributed by atoms with van der Waals surface area (Å²) < 4.78 is 18.3. The molecule has 0 fully saturated rings. The van der Waals surface area contributed by atoms with Gasteiger partial charge in [0.15, 0.2) is 11.6 Å². The van der Waals surface area contributed by atoms with Crippen molar-refractivity contribution in [1.82, 2.24) is 19.9 Å². The van der Waals surface area contributed by atoms with Gasteiger partial charge in [0.1, 0.15) is 11.6 Å². The molecule has 0 bridgehead atoms. The highest BCUT2D eigenvalue weighted by Gasteiger charge is 2.21. The number of methoxy groups -OCH3 is 1. The van der Waals surface area contributed by atoms with Crippen LogP contribution in [0.4, 0.5) is 4.39 Å². The summed E-state index contributed by atoms with van der Waals surface area (Å²) in [5.74, 6) is 1.54. The minimum atomic E-state index is -0.439. The van der Waals surface area contributed by atoms with Gasteiger partial charge in [-0.1, -0.05) is 27.7 Å². The second-order valence-electron chi connectivity index (χ2n) is 6.32. The second-order valence-corrected chi connectivity index (χ2v) is 6.32. The van der Waals surface area contributed by atoms with Gasteiger partial charge in [-0.15, -0.1) is 0 Å². The molecule has 5 nitrogen and oxygen atoms in total. The van der Waals surface area contributed by atoms with Crippen LogP contribution in [0.5, 0.6) is 5.75 Å². The first-order chi connectivity index (χ1) is 10.3. The van der Waals surface area contributed by atoms with Crippen LogP contribution in [-0.4, -0.2) is 27.0 Å². The van der Waals surface area contributed by atoms with Gasteiger partial charge in [-0.2, -0.15) is 0 Å². The van der Waals surface area contributed by atoms with Gasteiger partial charge in [-0.05, 0) is 0 Å². The van der Waals surface area contributed by atoms with Crippen molar-refractivity contribution in [3.8, 4) is 5.75 Å². The van der Waals surface area contributed by atoms with Crippen molar-refractivity contribution in [2.45, 2.75) is 45.4 Å². The topological polar surface area (TPSA) is 60.8 Å². The summed E-state index contributed by atoms with van der Waals surface area (Å²) >= 11 is 0. The number of hydrogen-bond donors (Lipinski definition) is 0. The molecule has 0 radical (unpaired) electrons. The minimum absolute atomic E-state index is 0.00258. The van der Waals surface area contributed by atoms with Crippen LogP contribution in [-0.2, 0) is 11.8 Å². The standard InChI is InChI=1S/C16H21FN4O/c1-10(14-18-7-11(17)8-19-14)6-12-13(22-5)9-20-15(21-12)16(2,3)4/h7-10H,6H2,1-5H3. The molecule has 2 aromatic rings. The molecular weight excluding hydrogens is 283 g/mol. The van der Waals surface area contributed by atoms with Crippen LogP contribution in [0.25, 0.3) is 0 Å². The Bertz CT molecular complexity index is 638. The average Bonchev–Trinajstić information content (AvgIpc) is 2.46. The van der Waals surface area contributed by atoms with Crippen LogP contribution in [0.2, 0.25) is 0 Å². The molecule has 0 saturated carbocycles. The van der Waals surface area contributed by atoms with E-state index in [0.717, 1.165) is 11.5 Å². The van der Waals surface area contributed by atoms with E-state index in [-0.39, 0.29) is 11.3 Å². The zero-order chi connectivity index (χ0) is 16.3. The Kier molecular flexibility index (Phi) is 4.68. The zero-order valence-corrected chi connectivity index (χ0v) is 13.6. The zero-order valence-electron chi connectivity index (χ0n) is 13.6. The number of aromatic nitrogens is 4. The maximum atomic E-state index is 12.9. The Labute approximate surface area is 130 Å². The molecule has 2 heterocycles. The Hall–Kier alpha value is -2.11. The Morgan fingerprint density at radius 2 is 1.77 bits per heavy atom. The lowest BCUT2D eigenvalue weighted by atomic mass is 9.95. The third-order valence-electron chi connectivity index (χ3n) is 3.30. The Balaban J connectivity index is 2.28. The lowest BCUT2D eigenvalue weighted by molar-refractivity contribution is 0.398. The van der Waals surface area contributed by atoms with Crippen LogP contribution < -0.4 is 4.74 Å². The Morgan fingerprint density at radius 1 is 1.14 bits per heavy atom. The summed E-state index contributed by atoms with van der Waals surface area (Å²) in [7, 11) is 1.60. The number of halogens is 1. The van der Waals surface area contributed by atoms with Gasteiger partial charge < -0.3 is 4.74 Å². The monoisotopic (exact) mass is 304 g/mol. The van der Waals surface area contributed by atoms with E-state index in [4.69, 9.17) is 4.74 Å². The van der Waals surface area contributed by atoms with E-state index in [2.05, 4.69) is 40.7 Å². The van der Waals surface area contributed by atoms with E-state index in [0.29, 0.717) is 18.0 Å². The average molecular weight is 304 g/mol. The molecule has 0 saturated heterocycles. The quantitative estimate of drug-likeness (QED) is 0.868. The van der Waals surface area contributed by atoms with E-state index in [1.165, 1.54) is 12.4 Å². The molecule has 2 rings (SSSR count). The molecule has 0 aromatic carbocycles. The summed E-state index contributed by atoms with van der Waals surface area (Å²) in [5.41, 5.74) is 0.666. The van der Waals surface area contributed by atoms with Gasteiger partial charge in [0, 0.05) is 17.8 Å². The van der Waals surface area contributed by atoms with Crippen LogP contribution in [0.15, 0.2) is 18.6 Å². The summed E-state index contributed by atoms with van der Waals surface area (Å²) in [6, 6.07) is 0. The summed E-state index contributed by atoms with van der Waals surface area (Å²) in [6.07, 6.45) is 4.65. The van der Waals surface area contributed by atoms with Crippen molar-refractivity contribution >= 4 is 0 Å². The van der Waals surface area contributed by atoms with Gasteiger partial charge in [-0.25, -0.2) is 24.3 Å². The van der Waals surface area contributed by atoms with Gasteiger partial charge in [0.05, 0.1) is 31.4 Å². The van der Waals surface area contributed by atoms with Crippen molar-refractivity contribution in [3.05, 3.63) is 41.8 Å². The SMILES string of the molecule is COc1cnc(C(C)(C)C)nc1CC(C)c1ncc(F)cn1. The van der Waals surface area contributed by atoms with E-state index >= 15 is 0 Å². The predicted molar refractivity (Wildman–Crippen MR) is 81.4 cm³/mol. The van der Waals surface area contributed by atoms with E-state index in [1.54, 1.807) is 13.3 Å². The van der Waals surface area contributed by atoms with E-state index < -0.39 is 5.82 Å². The number of nitrogens with zero attached hydrogens (tertiary/aromatic N) is 4. The number of rotatable bonds is 4. The van der Waals surface area contributed by atoms with Gasteiger partial charge >= 0.3 is 0 Å².